The van der Waals surface area contributed by atoms with Gasteiger partial charge in [0.15, 0.2) is 12.6 Å². The number of ether oxygens (including phenoxy) is 6. The molecule has 2 heterocycles. The lowest BCUT2D eigenvalue weighted by molar-refractivity contribution is -0.345. The van der Waals surface area contributed by atoms with Crippen molar-refractivity contribution >= 4 is 5.97 Å². The Morgan fingerprint density at radius 1 is 1.17 bits per heavy atom. The topological polar surface area (TPSA) is 98.5 Å². The fourth-order valence-electron chi connectivity index (χ4n) is 3.44. The Labute approximate surface area is 171 Å². The molecule has 8 nitrogen and oxygen atoms in total. The molecule has 2 N–H and O–H groups in total. The van der Waals surface area contributed by atoms with Crippen molar-refractivity contribution in [2.24, 2.45) is 5.73 Å². The fourth-order valence-corrected chi connectivity index (χ4v) is 3.44. The van der Waals surface area contributed by atoms with Gasteiger partial charge in [-0.15, -0.1) is 0 Å². The first kappa shape index (κ1) is 22.1. The molecule has 2 aliphatic heterocycles. The molecule has 2 saturated heterocycles. The molecule has 8 heteroatoms. The van der Waals surface area contributed by atoms with Crippen molar-refractivity contribution in [3.63, 3.8) is 0 Å². The normalized spacial score (nSPS) is 31.8. The maximum Gasteiger partial charge on any atom is 0.332 e. The average Bonchev–Trinajstić information content (AvgIpc) is 2.74. The molecule has 29 heavy (non-hydrogen) atoms. The molecule has 6 atom stereocenters. The summed E-state index contributed by atoms with van der Waals surface area (Å²) >= 11 is 0. The first-order chi connectivity index (χ1) is 14.1. The number of carbonyl (C=O) groups is 1. The van der Waals surface area contributed by atoms with Crippen LogP contribution >= 0.6 is 0 Å². The maximum atomic E-state index is 11.8. The zero-order valence-corrected chi connectivity index (χ0v) is 17.0. The number of hydrogen-bond donors (Lipinski definition) is 1. The number of nitrogens with two attached hydrogens (primary N) is 1. The molecular weight excluding hydrogens is 378 g/mol. The lowest BCUT2D eigenvalue weighted by Gasteiger charge is -2.48. The summed E-state index contributed by atoms with van der Waals surface area (Å²) < 4.78 is 34.7. The lowest BCUT2D eigenvalue weighted by Crippen LogP contribution is -2.66. The van der Waals surface area contributed by atoms with E-state index in [2.05, 4.69) is 6.92 Å². The molecule has 0 saturated carbocycles. The van der Waals surface area contributed by atoms with Crippen molar-refractivity contribution < 1.29 is 33.2 Å². The first-order valence-corrected chi connectivity index (χ1v) is 10.3. The second-order valence-electron chi connectivity index (χ2n) is 7.10. The Balaban J connectivity index is 1.71. The van der Waals surface area contributed by atoms with Gasteiger partial charge in [0.1, 0.15) is 24.9 Å². The van der Waals surface area contributed by atoms with Crippen molar-refractivity contribution in [1.29, 1.82) is 0 Å². The van der Waals surface area contributed by atoms with Crippen LogP contribution in [0.5, 0.6) is 0 Å². The van der Waals surface area contributed by atoms with E-state index >= 15 is 0 Å². The van der Waals surface area contributed by atoms with Gasteiger partial charge >= 0.3 is 5.97 Å². The van der Waals surface area contributed by atoms with Crippen molar-refractivity contribution in [1.82, 2.24) is 0 Å². The number of benzene rings is 1. The minimum absolute atomic E-state index is 0.211. The molecule has 0 aromatic heterocycles. The summed E-state index contributed by atoms with van der Waals surface area (Å²) in [6, 6.07) is 9.02. The van der Waals surface area contributed by atoms with Crippen LogP contribution in [0.2, 0.25) is 0 Å². The molecule has 0 radical (unpaired) electrons. The predicted octanol–water partition coefficient (Wildman–Crippen LogP) is 1.92. The van der Waals surface area contributed by atoms with Crippen LogP contribution < -0.4 is 5.73 Å². The smallest absolute Gasteiger partial charge is 0.332 e. The van der Waals surface area contributed by atoms with Crippen molar-refractivity contribution in [3.8, 4) is 0 Å². The van der Waals surface area contributed by atoms with Crippen molar-refractivity contribution in [3.05, 3.63) is 35.9 Å². The minimum Gasteiger partial charge on any atom is -0.464 e. The highest BCUT2D eigenvalue weighted by atomic mass is 16.8. The van der Waals surface area contributed by atoms with E-state index in [1.807, 2.05) is 30.3 Å². The highest BCUT2D eigenvalue weighted by molar-refractivity contribution is 5.70. The van der Waals surface area contributed by atoms with E-state index in [4.69, 9.17) is 34.2 Å². The van der Waals surface area contributed by atoms with Crippen LogP contribution in [0.15, 0.2) is 30.3 Å². The van der Waals surface area contributed by atoms with Crippen molar-refractivity contribution in [2.45, 2.75) is 63.6 Å². The summed E-state index contributed by atoms with van der Waals surface area (Å²) in [6.07, 6.45) is -0.812. The number of carbonyl (C=O) groups excluding carboxylic acids is 1. The van der Waals surface area contributed by atoms with Gasteiger partial charge in [0.2, 0.25) is 0 Å². The summed E-state index contributed by atoms with van der Waals surface area (Å²) in [6.45, 7) is 4.75. The number of unbranched alkanes of at least 4 members (excludes halogenated alkanes) is 1. The Bertz CT molecular complexity index is 629. The molecule has 0 spiro atoms. The number of hydrogen-bond acceptors (Lipinski definition) is 8. The summed E-state index contributed by atoms with van der Waals surface area (Å²) in [5.41, 5.74) is 7.30. The third kappa shape index (κ3) is 5.75. The van der Waals surface area contributed by atoms with Gasteiger partial charge in [0, 0.05) is 12.2 Å². The maximum absolute atomic E-state index is 11.8. The zero-order chi connectivity index (χ0) is 20.6. The van der Waals surface area contributed by atoms with E-state index in [1.54, 1.807) is 6.92 Å². The van der Waals surface area contributed by atoms with E-state index < -0.39 is 42.9 Å². The number of fused-ring (bicyclic) bond motifs is 1. The molecule has 0 amide bonds. The Morgan fingerprint density at radius 3 is 2.69 bits per heavy atom. The quantitative estimate of drug-likeness (QED) is 0.488. The van der Waals surface area contributed by atoms with Gasteiger partial charge in [-0.3, -0.25) is 0 Å². The average molecular weight is 409 g/mol. The largest absolute Gasteiger partial charge is 0.464 e. The summed E-state index contributed by atoms with van der Waals surface area (Å²) in [7, 11) is 0. The molecule has 2 aliphatic rings. The van der Waals surface area contributed by atoms with Gasteiger partial charge in [-0.2, -0.15) is 0 Å². The van der Waals surface area contributed by atoms with Gasteiger partial charge in [0.25, 0.3) is 0 Å². The predicted molar refractivity (Wildman–Crippen MR) is 104 cm³/mol. The number of esters is 1. The van der Waals surface area contributed by atoms with Gasteiger partial charge in [0.05, 0.1) is 19.3 Å². The Morgan fingerprint density at radius 2 is 1.97 bits per heavy atom. The Kier molecular flexibility index (Phi) is 8.40. The monoisotopic (exact) mass is 409 g/mol. The third-order valence-electron chi connectivity index (χ3n) is 4.94. The van der Waals surface area contributed by atoms with Gasteiger partial charge in [-0.25, -0.2) is 4.79 Å². The summed E-state index contributed by atoms with van der Waals surface area (Å²) in [4.78, 5) is 11.8. The molecule has 3 unspecified atom stereocenters. The van der Waals surface area contributed by atoms with E-state index in [0.29, 0.717) is 13.2 Å². The summed E-state index contributed by atoms with van der Waals surface area (Å²) in [5.74, 6) is -0.446. The molecule has 2 fully saturated rings. The van der Waals surface area contributed by atoms with E-state index in [0.717, 1.165) is 18.4 Å². The third-order valence-corrected chi connectivity index (χ3v) is 4.94. The van der Waals surface area contributed by atoms with Crippen LogP contribution in [-0.2, 0) is 33.2 Å². The number of rotatable bonds is 9. The van der Waals surface area contributed by atoms with Crippen LogP contribution in [0, 0.1) is 0 Å². The van der Waals surface area contributed by atoms with Crippen LogP contribution in [0.4, 0.5) is 0 Å². The van der Waals surface area contributed by atoms with E-state index in [1.165, 1.54) is 0 Å². The van der Waals surface area contributed by atoms with Crippen LogP contribution in [0.3, 0.4) is 0 Å². The molecule has 3 rings (SSSR count). The van der Waals surface area contributed by atoms with E-state index in [9.17, 15) is 4.79 Å². The molecular formula is C21H31NO7. The first-order valence-electron chi connectivity index (χ1n) is 10.3. The van der Waals surface area contributed by atoms with Crippen LogP contribution in [0.1, 0.15) is 38.5 Å². The molecule has 0 aliphatic carbocycles. The van der Waals surface area contributed by atoms with Gasteiger partial charge < -0.3 is 34.2 Å². The molecule has 162 valence electrons. The second-order valence-corrected chi connectivity index (χ2v) is 7.10. The minimum atomic E-state index is -0.657. The summed E-state index contributed by atoms with van der Waals surface area (Å²) in [5, 5.41) is 0. The second kappa shape index (κ2) is 11.0. The van der Waals surface area contributed by atoms with Gasteiger partial charge in [-0.05, 0) is 13.3 Å². The highest BCUT2D eigenvalue weighted by Crippen LogP contribution is 2.35. The molecule has 1 aromatic rings. The van der Waals surface area contributed by atoms with E-state index in [-0.39, 0.29) is 13.2 Å². The standard InChI is InChI=1S/C21H31NO7/c1-3-5-11-25-21-17(22)19(26-13-16(23)24-4-2)18-15(28-21)12-27-20(29-18)14-9-7-6-8-10-14/h6-10,15,17-21H,3-5,11-13,22H2,1-2H3/t15?,17-,18+,19?,20?,21-/m0/s1. The van der Waals surface area contributed by atoms with Crippen LogP contribution in [0.25, 0.3) is 0 Å². The SMILES string of the molecule is CCCCO[C@H]1OC2COC(c3ccccc3)O[C@H]2C(OCC(=O)OCC)[C@@H]1N. The van der Waals surface area contributed by atoms with Gasteiger partial charge in [-0.1, -0.05) is 43.7 Å². The zero-order valence-electron chi connectivity index (χ0n) is 17.0. The Hall–Kier alpha value is -1.55. The molecule has 1 aromatic carbocycles. The highest BCUT2D eigenvalue weighted by Gasteiger charge is 2.50. The fraction of sp³-hybridized carbons (Fsp3) is 0.667. The lowest BCUT2D eigenvalue weighted by atomic mass is 9.96. The molecule has 0 bridgehead atoms. The van der Waals surface area contributed by atoms with Crippen LogP contribution in [-0.4, -0.2) is 63.0 Å². The van der Waals surface area contributed by atoms with Crippen molar-refractivity contribution in [2.75, 3.05) is 26.4 Å².